The third kappa shape index (κ3) is 8.40. The van der Waals surface area contributed by atoms with Gasteiger partial charge < -0.3 is 74.5 Å². The maximum Gasteiger partial charge on any atom is 0.494 e. The lowest BCUT2D eigenvalue weighted by Crippen LogP contribution is -2.67. The smallest absolute Gasteiger partial charge is 0.494 e. The van der Waals surface area contributed by atoms with E-state index in [0.29, 0.717) is 45.6 Å². The van der Waals surface area contributed by atoms with Crippen LogP contribution in [0.25, 0.3) is 10.9 Å². The maximum absolute atomic E-state index is 12.8. The summed E-state index contributed by atoms with van der Waals surface area (Å²) in [5.41, 5.74) is 4.00. The number of nitrogens with one attached hydrogen (secondary N) is 2. The minimum Gasteiger partial charge on any atom is -0.494 e. The number of nitrogens with zero attached hydrogens (tertiary/aromatic N) is 3. The second-order valence-electron chi connectivity index (χ2n) is 15.3. The van der Waals surface area contributed by atoms with Crippen molar-refractivity contribution in [2.75, 3.05) is 64.9 Å². The molecule has 8 rings (SSSR count). The zero-order valence-corrected chi connectivity index (χ0v) is 32.2. The molecule has 4 aromatic rings. The van der Waals surface area contributed by atoms with Crippen molar-refractivity contribution >= 4 is 46.5 Å². The lowest BCUT2D eigenvalue weighted by Gasteiger charge is -2.47. The number of aliphatic hydroxyl groups excluding tert-OH is 6. The molecule has 3 aromatic carbocycles. The lowest BCUT2D eigenvalue weighted by atomic mass is 9.76. The highest BCUT2D eigenvalue weighted by Crippen LogP contribution is 2.38. The van der Waals surface area contributed by atoms with Crippen molar-refractivity contribution in [3.05, 3.63) is 83.9 Å². The number of hydrogen-bond acceptors (Lipinski definition) is 16. The fourth-order valence-corrected chi connectivity index (χ4v) is 7.92. The number of amides is 1. The molecule has 59 heavy (non-hydrogen) atoms. The number of ether oxygens (including phenoxy) is 3. The molecule has 314 valence electrons. The van der Waals surface area contributed by atoms with Gasteiger partial charge in [-0.05, 0) is 42.8 Å². The molecule has 18 nitrogen and oxygen atoms in total. The lowest BCUT2D eigenvalue weighted by molar-refractivity contribution is -0.385. The SMILES string of the molecule is CN1CCN(CC(=O)Nc2ccc(N=C(c3ccccc3)c3c(O)[nH]c4cc(B5OC[C@H]6O[C@H](O[C@]7(CO)O[C@H](CO)C(O)[C@@H]7O)[C@H](O)C(O)[C@@H]6O5)ccc34)cc2)CC1. The fraction of sp³-hybridized carbons (Fsp3) is 0.450. The maximum atomic E-state index is 12.8. The van der Waals surface area contributed by atoms with Gasteiger partial charge in [-0.3, -0.25) is 9.69 Å². The number of piperazine rings is 1. The highest BCUT2D eigenvalue weighted by atomic mass is 16.8. The monoisotopic (exact) mass is 817 g/mol. The van der Waals surface area contributed by atoms with Gasteiger partial charge in [0.15, 0.2) is 12.2 Å². The van der Waals surface area contributed by atoms with Crippen molar-refractivity contribution in [1.29, 1.82) is 0 Å². The van der Waals surface area contributed by atoms with Crippen molar-refractivity contribution in [2.24, 2.45) is 4.99 Å². The number of hydrogen-bond donors (Lipinski definition) is 9. The van der Waals surface area contributed by atoms with E-state index >= 15 is 0 Å². The van der Waals surface area contributed by atoms with E-state index in [0.717, 1.165) is 31.7 Å². The van der Waals surface area contributed by atoms with Crippen molar-refractivity contribution in [3.8, 4) is 5.88 Å². The van der Waals surface area contributed by atoms with E-state index in [1.54, 1.807) is 42.5 Å². The Morgan fingerprint density at radius 2 is 1.73 bits per heavy atom. The molecular weight excluding hydrogens is 769 g/mol. The number of fused-ring (bicyclic) bond motifs is 2. The number of aliphatic hydroxyl groups is 6. The van der Waals surface area contributed by atoms with E-state index in [9.17, 15) is 40.5 Å². The normalized spacial score (nSPS) is 30.8. The summed E-state index contributed by atoms with van der Waals surface area (Å²) < 4.78 is 29.0. The molecule has 0 spiro atoms. The van der Waals surface area contributed by atoms with E-state index in [2.05, 4.69) is 27.1 Å². The number of carbonyl (C=O) groups is 1. The van der Waals surface area contributed by atoms with Crippen LogP contribution in [-0.4, -0.2) is 184 Å². The number of aromatic nitrogens is 1. The number of anilines is 1. The number of carbonyl (C=O) groups excluding carboxylic acids is 1. The van der Waals surface area contributed by atoms with Gasteiger partial charge in [-0.15, -0.1) is 0 Å². The van der Waals surface area contributed by atoms with Crippen LogP contribution >= 0.6 is 0 Å². The van der Waals surface area contributed by atoms with Gasteiger partial charge in [-0.1, -0.05) is 42.5 Å². The average Bonchev–Trinajstić information content (AvgIpc) is 3.70. The summed E-state index contributed by atoms with van der Waals surface area (Å²) in [7, 11) is 1.05. The van der Waals surface area contributed by atoms with Crippen LogP contribution in [0.15, 0.2) is 77.8 Å². The Kier molecular flexibility index (Phi) is 12.2. The number of aromatic hydroxyl groups is 1. The summed E-state index contributed by atoms with van der Waals surface area (Å²) >= 11 is 0. The molecule has 4 aliphatic rings. The summed E-state index contributed by atoms with van der Waals surface area (Å²) in [6.07, 6.45) is -11.7. The predicted molar refractivity (Wildman–Crippen MR) is 212 cm³/mol. The van der Waals surface area contributed by atoms with Crippen molar-refractivity contribution < 1.29 is 64.1 Å². The molecule has 1 aromatic heterocycles. The second-order valence-corrected chi connectivity index (χ2v) is 15.3. The average molecular weight is 818 g/mol. The quantitative estimate of drug-likeness (QED) is 0.0624. The first-order valence-corrected chi connectivity index (χ1v) is 19.5. The molecule has 1 amide bonds. The minimum atomic E-state index is -2.25. The van der Waals surface area contributed by atoms with Crippen LogP contribution < -0.4 is 10.8 Å². The van der Waals surface area contributed by atoms with E-state index in [4.69, 9.17) is 28.5 Å². The topological polar surface area (TPSA) is 251 Å². The van der Waals surface area contributed by atoms with Crippen molar-refractivity contribution in [1.82, 2.24) is 14.8 Å². The van der Waals surface area contributed by atoms with Crippen molar-refractivity contribution in [2.45, 2.75) is 54.8 Å². The summed E-state index contributed by atoms with van der Waals surface area (Å²) in [6.45, 7) is 2.08. The van der Waals surface area contributed by atoms with Crippen molar-refractivity contribution in [3.63, 3.8) is 0 Å². The molecule has 0 aliphatic carbocycles. The molecule has 4 fully saturated rings. The summed E-state index contributed by atoms with van der Waals surface area (Å²) in [4.78, 5) is 25.1. The van der Waals surface area contributed by atoms with Crippen LogP contribution in [0.3, 0.4) is 0 Å². The van der Waals surface area contributed by atoms with Crippen LogP contribution in [0.1, 0.15) is 11.1 Å². The summed E-state index contributed by atoms with van der Waals surface area (Å²) in [6, 6.07) is 21.9. The highest BCUT2D eigenvalue weighted by Gasteiger charge is 2.59. The van der Waals surface area contributed by atoms with Crippen LogP contribution in [0.4, 0.5) is 11.4 Å². The molecule has 2 unspecified atom stereocenters. The molecule has 19 heteroatoms. The van der Waals surface area contributed by atoms with E-state index < -0.39 is 75.1 Å². The summed E-state index contributed by atoms with van der Waals surface area (Å²) in [5.74, 6) is -2.47. The largest absolute Gasteiger partial charge is 0.494 e. The Morgan fingerprint density at radius 1 is 0.983 bits per heavy atom. The van der Waals surface area contributed by atoms with Crippen LogP contribution in [-0.2, 0) is 28.3 Å². The standard InChI is InChI=1S/C40H48BN5O13/c1-45-13-15-46(16-14-45)18-30(49)42-24-8-10-25(11-9-24)43-32(22-5-3-2-4-6-22)31-26-12-7-23(17-27(26)44-38(31)54)41-55-20-29-36(59-41)34(51)35(52)39(56-29)58-40(21-48)37(53)33(50)28(19-47)57-40/h2-12,17,28-29,33-37,39,44,47-48,50-54H,13-16,18-21H2,1H3,(H,42,49)/t28-,29-,33?,34?,35-,36-,37+,39-,40+/m1/s1. The Morgan fingerprint density at radius 3 is 2.42 bits per heavy atom. The van der Waals surface area contributed by atoms with Gasteiger partial charge in [-0.2, -0.15) is 0 Å². The van der Waals surface area contributed by atoms with Gasteiger partial charge >= 0.3 is 7.12 Å². The number of rotatable bonds is 11. The van der Waals surface area contributed by atoms with Crippen LogP contribution in [0.5, 0.6) is 5.88 Å². The fourth-order valence-electron chi connectivity index (χ4n) is 7.92. The highest BCUT2D eigenvalue weighted by molar-refractivity contribution is 6.61. The van der Waals surface area contributed by atoms with E-state index in [1.807, 2.05) is 30.3 Å². The van der Waals surface area contributed by atoms with Crippen LogP contribution in [0.2, 0.25) is 0 Å². The molecule has 9 atom stereocenters. The molecule has 9 N–H and O–H groups in total. The van der Waals surface area contributed by atoms with Gasteiger partial charge in [0.2, 0.25) is 11.7 Å². The van der Waals surface area contributed by atoms with Gasteiger partial charge in [0.05, 0.1) is 36.7 Å². The van der Waals surface area contributed by atoms with Gasteiger partial charge in [0.1, 0.15) is 49.3 Å². The number of benzene rings is 3. The number of aliphatic imine (C=N–C) groups is 1. The third-order valence-corrected chi connectivity index (χ3v) is 11.3. The number of likely N-dealkylation sites (N-methyl/N-ethyl adjacent to an activating group) is 1. The van der Waals surface area contributed by atoms with Crippen LogP contribution in [0, 0.1) is 0 Å². The Balaban J connectivity index is 0.981. The number of H-pyrrole nitrogens is 1. The molecule has 5 heterocycles. The predicted octanol–water partition coefficient (Wildman–Crippen LogP) is -1.40. The summed E-state index contributed by atoms with van der Waals surface area (Å²) in [5, 5.41) is 77.5. The third-order valence-electron chi connectivity index (χ3n) is 11.3. The Labute approximate surface area is 339 Å². The minimum absolute atomic E-state index is 0.0875. The first kappa shape index (κ1) is 41.4. The zero-order chi connectivity index (χ0) is 41.4. The molecule has 0 saturated carbocycles. The van der Waals surface area contributed by atoms with Gasteiger partial charge in [0, 0.05) is 48.3 Å². The molecule has 4 saturated heterocycles. The van der Waals surface area contributed by atoms with E-state index in [-0.39, 0.29) is 18.4 Å². The van der Waals surface area contributed by atoms with E-state index in [1.165, 1.54) is 0 Å². The van der Waals surface area contributed by atoms with Gasteiger partial charge in [-0.25, -0.2) is 4.99 Å². The Bertz CT molecular complexity index is 2120. The first-order valence-electron chi connectivity index (χ1n) is 19.5. The number of aromatic amines is 1. The molecule has 4 aliphatic heterocycles. The van der Waals surface area contributed by atoms with Gasteiger partial charge in [0.25, 0.3) is 0 Å². The molecule has 0 radical (unpaired) electrons. The zero-order valence-electron chi connectivity index (χ0n) is 32.2. The first-order chi connectivity index (χ1) is 28.5. The molecule has 0 bridgehead atoms. The molecular formula is C40H48BN5O13. The Hall–Kier alpha value is -4.32. The second kappa shape index (κ2) is 17.3.